The van der Waals surface area contributed by atoms with Gasteiger partial charge in [-0.05, 0) is 13.8 Å². The van der Waals surface area contributed by atoms with Crippen molar-refractivity contribution < 1.29 is 28.8 Å². The third-order valence-corrected chi connectivity index (χ3v) is 1.28. The normalized spacial score (nSPS) is 12.4. The molecule has 0 aromatic heterocycles. The topological polar surface area (TPSA) is 130 Å². The SMILES string of the molecule is C=C(C)C(=O)O.CC(N)OP(=O)(O)O. The average molecular weight is 227 g/mol. The van der Waals surface area contributed by atoms with Crippen LogP contribution >= 0.6 is 7.82 Å². The van der Waals surface area contributed by atoms with E-state index in [0.717, 1.165) is 0 Å². The molecule has 0 heterocycles. The van der Waals surface area contributed by atoms with Crippen LogP contribution in [0.4, 0.5) is 0 Å². The zero-order valence-electron chi connectivity index (χ0n) is 7.88. The highest BCUT2D eigenvalue weighted by Gasteiger charge is 2.15. The lowest BCUT2D eigenvalue weighted by Crippen LogP contribution is -2.17. The number of aliphatic carboxylic acids is 1. The lowest BCUT2D eigenvalue weighted by molar-refractivity contribution is -0.132. The lowest BCUT2D eigenvalue weighted by Gasteiger charge is -2.06. The number of nitrogens with two attached hydrogens (primary N) is 1. The number of hydrogen-bond acceptors (Lipinski definition) is 4. The van der Waals surface area contributed by atoms with Gasteiger partial charge in [0.05, 0.1) is 0 Å². The summed E-state index contributed by atoms with van der Waals surface area (Å²) in [5, 5.41) is 7.89. The lowest BCUT2D eigenvalue weighted by atomic mass is 10.4. The van der Waals surface area contributed by atoms with Gasteiger partial charge in [0, 0.05) is 5.57 Å². The van der Waals surface area contributed by atoms with Gasteiger partial charge in [-0.15, -0.1) is 0 Å². The summed E-state index contributed by atoms with van der Waals surface area (Å²) < 4.78 is 13.7. The average Bonchev–Trinajstić information content (AvgIpc) is 1.81. The molecule has 0 spiro atoms. The summed E-state index contributed by atoms with van der Waals surface area (Å²) >= 11 is 0. The molecule has 0 radical (unpaired) electrons. The Labute approximate surface area is 81.4 Å². The first kappa shape index (κ1) is 15.7. The van der Waals surface area contributed by atoms with E-state index >= 15 is 0 Å². The van der Waals surface area contributed by atoms with E-state index in [1.54, 1.807) is 0 Å². The summed E-state index contributed by atoms with van der Waals surface area (Å²) in [5.74, 6) is -0.935. The Hall–Kier alpha value is -0.720. The van der Waals surface area contributed by atoms with Crippen molar-refractivity contribution in [2.24, 2.45) is 5.73 Å². The van der Waals surface area contributed by atoms with E-state index in [4.69, 9.17) is 20.6 Å². The number of phosphoric ester groups is 1. The number of rotatable bonds is 3. The van der Waals surface area contributed by atoms with Gasteiger partial charge in [-0.1, -0.05) is 6.58 Å². The standard InChI is InChI=1S/C4H6O2.C2H8NO4P/c1-3(2)4(5)6;1-2(3)7-8(4,5)6/h1H2,2H3,(H,5,6);2H,3H2,1H3,(H2,4,5,6). The van der Waals surface area contributed by atoms with E-state index in [1.165, 1.54) is 13.8 Å². The van der Waals surface area contributed by atoms with Crippen molar-refractivity contribution in [1.29, 1.82) is 0 Å². The molecule has 0 aliphatic carbocycles. The largest absolute Gasteiger partial charge is 0.478 e. The Balaban J connectivity index is 0. The van der Waals surface area contributed by atoms with Crippen LogP contribution in [0.1, 0.15) is 13.8 Å². The van der Waals surface area contributed by atoms with E-state index in [1.807, 2.05) is 0 Å². The van der Waals surface area contributed by atoms with Gasteiger partial charge in [-0.2, -0.15) is 0 Å². The fraction of sp³-hybridized carbons (Fsp3) is 0.500. The van der Waals surface area contributed by atoms with Crippen molar-refractivity contribution in [3.8, 4) is 0 Å². The number of carboxylic acid groups (broad SMARTS) is 1. The smallest absolute Gasteiger partial charge is 0.471 e. The highest BCUT2D eigenvalue weighted by Crippen LogP contribution is 2.36. The van der Waals surface area contributed by atoms with Crippen LogP contribution in [0.5, 0.6) is 0 Å². The fourth-order valence-corrected chi connectivity index (χ4v) is 0.650. The van der Waals surface area contributed by atoms with Gasteiger partial charge in [0.15, 0.2) is 0 Å². The van der Waals surface area contributed by atoms with Gasteiger partial charge in [0.25, 0.3) is 0 Å². The zero-order valence-corrected chi connectivity index (χ0v) is 8.77. The minimum absolute atomic E-state index is 0.176. The molecule has 7 nitrogen and oxygen atoms in total. The summed E-state index contributed by atoms with van der Waals surface area (Å²) in [4.78, 5) is 25.6. The molecule has 5 N–H and O–H groups in total. The highest BCUT2D eigenvalue weighted by atomic mass is 31.2. The van der Waals surface area contributed by atoms with Crippen molar-refractivity contribution in [2.75, 3.05) is 0 Å². The van der Waals surface area contributed by atoms with Crippen molar-refractivity contribution in [1.82, 2.24) is 0 Å². The minimum atomic E-state index is -4.35. The Morgan fingerprint density at radius 1 is 1.57 bits per heavy atom. The van der Waals surface area contributed by atoms with Crippen LogP contribution in [0.25, 0.3) is 0 Å². The second-order valence-corrected chi connectivity index (χ2v) is 3.58. The third kappa shape index (κ3) is 17.4. The number of phosphoric acid groups is 1. The van der Waals surface area contributed by atoms with Gasteiger partial charge in [0.2, 0.25) is 0 Å². The molecular formula is C6H14NO6P. The van der Waals surface area contributed by atoms with Crippen LogP contribution in [0.15, 0.2) is 12.2 Å². The van der Waals surface area contributed by atoms with E-state index < -0.39 is 20.0 Å². The van der Waals surface area contributed by atoms with E-state index in [-0.39, 0.29) is 5.57 Å². The Bertz CT molecular complexity index is 233. The van der Waals surface area contributed by atoms with Gasteiger partial charge in [0.1, 0.15) is 6.23 Å². The summed E-state index contributed by atoms with van der Waals surface area (Å²) in [7, 11) is -4.35. The maximum atomic E-state index is 9.83. The van der Waals surface area contributed by atoms with E-state index in [0.29, 0.717) is 0 Å². The van der Waals surface area contributed by atoms with Gasteiger partial charge in [-0.3, -0.25) is 4.52 Å². The summed E-state index contributed by atoms with van der Waals surface area (Å²) in [6.45, 7) is 5.93. The zero-order chi connectivity index (χ0) is 11.9. The molecule has 14 heavy (non-hydrogen) atoms. The maximum absolute atomic E-state index is 9.83. The van der Waals surface area contributed by atoms with Crippen molar-refractivity contribution in [3.05, 3.63) is 12.2 Å². The fourth-order valence-electron chi connectivity index (χ4n) is 0.217. The van der Waals surface area contributed by atoms with Crippen LogP contribution in [-0.2, 0) is 13.9 Å². The second kappa shape index (κ2) is 6.69. The van der Waals surface area contributed by atoms with E-state index in [9.17, 15) is 9.36 Å². The van der Waals surface area contributed by atoms with Crippen LogP contribution in [0.2, 0.25) is 0 Å². The molecule has 0 aromatic carbocycles. The number of carboxylic acids is 1. The molecule has 84 valence electrons. The molecule has 8 heteroatoms. The molecule has 0 bridgehead atoms. The molecule has 0 aliphatic rings. The summed E-state index contributed by atoms with van der Waals surface area (Å²) in [6, 6.07) is 0. The molecule has 0 saturated carbocycles. The van der Waals surface area contributed by atoms with Crippen molar-refractivity contribution in [3.63, 3.8) is 0 Å². The summed E-state index contributed by atoms with van der Waals surface area (Å²) in [6.07, 6.45) is -0.921. The molecule has 1 atom stereocenters. The van der Waals surface area contributed by atoms with Crippen LogP contribution in [0.3, 0.4) is 0 Å². The van der Waals surface area contributed by atoms with Crippen molar-refractivity contribution >= 4 is 13.8 Å². The summed E-state index contributed by atoms with van der Waals surface area (Å²) in [5.41, 5.74) is 5.04. The quantitative estimate of drug-likeness (QED) is 0.304. The van der Waals surface area contributed by atoms with Crippen LogP contribution in [-0.4, -0.2) is 27.1 Å². The predicted molar refractivity (Wildman–Crippen MR) is 49.2 cm³/mol. The Morgan fingerprint density at radius 3 is 1.86 bits per heavy atom. The minimum Gasteiger partial charge on any atom is -0.478 e. The van der Waals surface area contributed by atoms with Crippen LogP contribution < -0.4 is 5.73 Å². The molecule has 0 aromatic rings. The first-order valence-corrected chi connectivity index (χ1v) is 4.97. The molecule has 0 aliphatic heterocycles. The number of carbonyl (C=O) groups is 1. The maximum Gasteiger partial charge on any atom is 0.471 e. The molecule has 0 saturated heterocycles. The van der Waals surface area contributed by atoms with E-state index in [2.05, 4.69) is 11.1 Å². The monoisotopic (exact) mass is 227 g/mol. The number of hydrogen-bond donors (Lipinski definition) is 4. The highest BCUT2D eigenvalue weighted by molar-refractivity contribution is 7.46. The molecule has 0 amide bonds. The first-order valence-electron chi connectivity index (χ1n) is 3.44. The van der Waals surface area contributed by atoms with Gasteiger partial charge in [-0.25, -0.2) is 9.36 Å². The molecule has 1 unspecified atom stereocenters. The first-order chi connectivity index (χ1) is 6.06. The van der Waals surface area contributed by atoms with Crippen LogP contribution in [0, 0.1) is 0 Å². The van der Waals surface area contributed by atoms with Gasteiger partial charge < -0.3 is 20.6 Å². The van der Waals surface area contributed by atoms with Gasteiger partial charge >= 0.3 is 13.8 Å². The van der Waals surface area contributed by atoms with Crippen molar-refractivity contribution in [2.45, 2.75) is 20.1 Å². The Morgan fingerprint density at radius 2 is 1.86 bits per heavy atom. The molecule has 0 rings (SSSR count). The predicted octanol–water partition coefficient (Wildman–Crippen LogP) is 0.0475. The Kier molecular flexibility index (Phi) is 7.52. The molecule has 0 fully saturated rings. The third-order valence-electron chi connectivity index (χ3n) is 0.669. The second-order valence-electron chi connectivity index (χ2n) is 2.39. The molecular weight excluding hydrogens is 213 g/mol.